The molecule has 17 heteroatoms. The molecule has 0 radical (unpaired) electrons. The Hall–Kier alpha value is -2.41. The summed E-state index contributed by atoms with van der Waals surface area (Å²) in [6, 6.07) is 2.47. The Kier molecular flexibility index (Phi) is 11.3. The van der Waals surface area contributed by atoms with Gasteiger partial charge < -0.3 is 26.0 Å². The van der Waals surface area contributed by atoms with Crippen LogP contribution in [0.15, 0.2) is 21.7 Å². The number of hydrogen-bond donors (Lipinski definition) is 6. The molecule has 0 aliphatic heterocycles. The third-order valence-electron chi connectivity index (χ3n) is 14.1. The number of fused-ring (bicyclic) bond motifs is 6. The van der Waals surface area contributed by atoms with Gasteiger partial charge in [-0.25, -0.2) is 17.4 Å². The van der Waals surface area contributed by atoms with Gasteiger partial charge in [-0.1, -0.05) is 20.8 Å². The first-order valence-electron chi connectivity index (χ1n) is 19.0. The van der Waals surface area contributed by atoms with Gasteiger partial charge in [0.1, 0.15) is 4.90 Å². The number of anilines is 1. The summed E-state index contributed by atoms with van der Waals surface area (Å²) in [5, 5.41) is 47.9. The Balaban J connectivity index is 1.20. The molecule has 4 aliphatic carbocycles. The monoisotopic (exact) mass is 783 g/mol. The van der Waals surface area contributed by atoms with Crippen molar-refractivity contribution in [3.05, 3.63) is 12.1 Å². The second-order valence-electron chi connectivity index (χ2n) is 17.1. The molecule has 1 aromatic heterocycles. The minimum atomic E-state index is -4.27. The Morgan fingerprint density at radius 3 is 2.42 bits per heavy atom. The molecule has 15 nitrogen and oxygen atoms in total. The molecule has 53 heavy (non-hydrogen) atoms. The van der Waals surface area contributed by atoms with E-state index in [1.807, 2.05) is 0 Å². The minimum absolute atomic E-state index is 0.0183. The number of nitrogens with one attached hydrogen (secondary N) is 2. The molecule has 298 valence electrons. The first kappa shape index (κ1) is 40.3. The third-order valence-corrected chi connectivity index (χ3v) is 16.7. The van der Waals surface area contributed by atoms with Crippen molar-refractivity contribution in [2.45, 2.75) is 114 Å². The summed E-state index contributed by atoms with van der Waals surface area (Å²) in [7, 11) is -5.32. The summed E-state index contributed by atoms with van der Waals surface area (Å²) in [6.45, 7) is 6.44. The smallest absolute Gasteiger partial charge is 0.266 e. The maximum Gasteiger partial charge on any atom is 0.266 e. The van der Waals surface area contributed by atoms with E-state index in [4.69, 9.17) is 9.18 Å². The molecule has 0 saturated heterocycles. The molecule has 1 heterocycles. The van der Waals surface area contributed by atoms with Crippen molar-refractivity contribution in [3.8, 4) is 0 Å². The van der Waals surface area contributed by atoms with E-state index in [0.29, 0.717) is 37.8 Å². The number of carbonyl (C=O) groups excluding carboxylic acids is 1. The number of amides is 1. The van der Waals surface area contributed by atoms with Gasteiger partial charge in [-0.05, 0) is 127 Å². The number of hydrogen-bond acceptors (Lipinski definition) is 12. The molecular formula is C36H57N5O10S2. The molecule has 4 fully saturated rings. The van der Waals surface area contributed by atoms with Crippen molar-refractivity contribution >= 4 is 42.8 Å². The van der Waals surface area contributed by atoms with Gasteiger partial charge in [0.2, 0.25) is 15.9 Å². The molecule has 6 rings (SSSR count). The van der Waals surface area contributed by atoms with E-state index >= 15 is 0 Å². The number of sulfonamides is 1. The van der Waals surface area contributed by atoms with Crippen LogP contribution in [0.4, 0.5) is 5.69 Å². The topological polar surface area (TPSA) is 232 Å². The standard InChI is InChI=1S/C36H57N5O10S2/c1-20(24-8-9-25-32-26(19-30(44)36(24,25)3)35(2)13-12-23(42)16-21(35)17-28(32)43)6-7-22(18-31(45)37-14-15-52(46,47)48)38-27-10-11-29(53(49,50)41(4)5)34-33(27)39-51-40-34/h10-11,20-26,28,30,32,38,42-44H,6-9,12-19H2,1-5H3,(H,37,45)(H,46,47,48)/t20-,21+,22?,23-,24-,25+,26+,28-,30+,32+,35+,36-/m1/s1. The fourth-order valence-corrected chi connectivity index (χ4v) is 12.6. The van der Waals surface area contributed by atoms with Crippen molar-refractivity contribution in [2.24, 2.45) is 46.3 Å². The highest BCUT2D eigenvalue weighted by Gasteiger charge is 2.65. The molecular weight excluding hydrogens is 727 g/mol. The predicted molar refractivity (Wildman–Crippen MR) is 197 cm³/mol. The van der Waals surface area contributed by atoms with Gasteiger partial charge in [0, 0.05) is 33.1 Å². The third kappa shape index (κ3) is 7.60. The van der Waals surface area contributed by atoms with Gasteiger partial charge >= 0.3 is 0 Å². The van der Waals surface area contributed by atoms with Gasteiger partial charge in [0.05, 0.1) is 29.8 Å². The first-order valence-corrected chi connectivity index (χ1v) is 22.0. The Morgan fingerprint density at radius 2 is 1.72 bits per heavy atom. The summed E-state index contributed by atoms with van der Waals surface area (Å²) in [4.78, 5) is 13.0. The van der Waals surface area contributed by atoms with Gasteiger partial charge in [-0.2, -0.15) is 8.42 Å². The van der Waals surface area contributed by atoms with Crippen molar-refractivity contribution in [2.75, 3.05) is 31.7 Å². The quantitative estimate of drug-likeness (QED) is 0.161. The van der Waals surface area contributed by atoms with E-state index in [9.17, 15) is 36.9 Å². The van der Waals surface area contributed by atoms with Gasteiger partial charge in [0.25, 0.3) is 10.1 Å². The average Bonchev–Trinajstić information content (AvgIpc) is 3.70. The second kappa shape index (κ2) is 14.9. The van der Waals surface area contributed by atoms with Crippen LogP contribution in [-0.4, -0.2) is 108 Å². The minimum Gasteiger partial charge on any atom is -0.393 e. The van der Waals surface area contributed by atoms with Crippen LogP contribution in [0, 0.1) is 46.3 Å². The average molecular weight is 784 g/mol. The summed E-state index contributed by atoms with van der Waals surface area (Å²) in [5.41, 5.74) is 0.213. The van der Waals surface area contributed by atoms with E-state index in [2.05, 4.69) is 41.7 Å². The van der Waals surface area contributed by atoms with Crippen LogP contribution in [0.5, 0.6) is 0 Å². The molecule has 1 unspecified atom stereocenters. The number of rotatable bonds is 13. The van der Waals surface area contributed by atoms with E-state index < -0.39 is 55.5 Å². The van der Waals surface area contributed by atoms with Crippen molar-refractivity contribution in [1.29, 1.82) is 0 Å². The summed E-state index contributed by atoms with van der Waals surface area (Å²) >= 11 is 0. The Labute approximate surface area is 312 Å². The number of benzene rings is 1. The second-order valence-corrected chi connectivity index (χ2v) is 20.8. The highest BCUT2D eigenvalue weighted by atomic mass is 32.2. The number of carbonyl (C=O) groups is 1. The maximum absolute atomic E-state index is 13.1. The van der Waals surface area contributed by atoms with Crippen LogP contribution in [0.2, 0.25) is 0 Å². The van der Waals surface area contributed by atoms with Gasteiger partial charge in [0.15, 0.2) is 11.0 Å². The Morgan fingerprint density at radius 1 is 1.00 bits per heavy atom. The number of nitrogens with zero attached hydrogens (tertiary/aromatic N) is 3. The number of aliphatic hydroxyl groups is 3. The van der Waals surface area contributed by atoms with Crippen LogP contribution < -0.4 is 10.6 Å². The zero-order valence-corrected chi connectivity index (χ0v) is 32.9. The van der Waals surface area contributed by atoms with E-state index in [1.54, 1.807) is 6.07 Å². The number of aliphatic hydroxyl groups excluding tert-OH is 3. The summed E-state index contributed by atoms with van der Waals surface area (Å²) < 4.78 is 63.6. The first-order chi connectivity index (χ1) is 24.8. The molecule has 1 aromatic carbocycles. The molecule has 4 saturated carbocycles. The van der Waals surface area contributed by atoms with E-state index in [0.717, 1.165) is 30.0 Å². The highest BCUT2D eigenvalue weighted by Crippen LogP contribution is 2.68. The number of aromatic nitrogens is 2. The molecule has 1 amide bonds. The largest absolute Gasteiger partial charge is 0.393 e. The van der Waals surface area contributed by atoms with Crippen molar-refractivity contribution in [1.82, 2.24) is 19.9 Å². The molecule has 2 aromatic rings. The zero-order chi connectivity index (χ0) is 38.7. The van der Waals surface area contributed by atoms with E-state index in [1.165, 1.54) is 20.2 Å². The van der Waals surface area contributed by atoms with E-state index in [-0.39, 0.29) is 75.9 Å². The molecule has 6 N–H and O–H groups in total. The lowest BCUT2D eigenvalue weighted by Gasteiger charge is -2.63. The molecule has 0 bridgehead atoms. The molecule has 0 spiro atoms. The van der Waals surface area contributed by atoms with Crippen LogP contribution in [0.3, 0.4) is 0 Å². The lowest BCUT2D eigenvalue weighted by molar-refractivity contribution is -0.207. The Bertz CT molecular complexity index is 1870. The lowest BCUT2D eigenvalue weighted by Crippen LogP contribution is -2.62. The lowest BCUT2D eigenvalue weighted by atomic mass is 9.43. The van der Waals surface area contributed by atoms with Gasteiger partial charge in [-0.15, -0.1) is 0 Å². The fraction of sp³-hybridized carbons (Fsp3) is 0.806. The summed E-state index contributed by atoms with van der Waals surface area (Å²) in [6.07, 6.45) is 5.32. The predicted octanol–water partition coefficient (Wildman–Crippen LogP) is 3.03. The SMILES string of the molecule is C[C@H](CCC(CC(=O)NCCS(=O)(=O)O)Nc1ccc(S(=O)(=O)N(C)C)c2nonc12)[C@H]1CC[C@H]2[C@@H]3[C@H](O)C[C@@H]4C[C@H](O)CC[C@]4(C)[C@H]3C[C@H](O)[C@]12C. The normalized spacial score (nSPS) is 35.7. The van der Waals surface area contributed by atoms with Crippen LogP contribution in [0.25, 0.3) is 11.0 Å². The molecule has 12 atom stereocenters. The molecule has 4 aliphatic rings. The fourth-order valence-electron chi connectivity index (χ4n) is 11.2. The van der Waals surface area contributed by atoms with Crippen LogP contribution in [-0.2, 0) is 24.9 Å². The summed E-state index contributed by atoms with van der Waals surface area (Å²) in [5.74, 6) is -0.0583. The zero-order valence-electron chi connectivity index (χ0n) is 31.3. The van der Waals surface area contributed by atoms with Crippen molar-refractivity contribution in [3.63, 3.8) is 0 Å². The van der Waals surface area contributed by atoms with Crippen LogP contribution >= 0.6 is 0 Å². The van der Waals surface area contributed by atoms with Crippen molar-refractivity contribution < 1.29 is 46.1 Å². The maximum atomic E-state index is 13.1. The van der Waals surface area contributed by atoms with Crippen LogP contribution in [0.1, 0.15) is 85.0 Å². The van der Waals surface area contributed by atoms with Gasteiger partial charge in [-0.3, -0.25) is 9.35 Å². The highest BCUT2D eigenvalue weighted by molar-refractivity contribution is 7.89.